The van der Waals surface area contributed by atoms with Gasteiger partial charge in [0.1, 0.15) is 11.6 Å². The average molecular weight is 518 g/mol. The number of para-hydroxylation sites is 1. The Morgan fingerprint density at radius 3 is 2.39 bits per heavy atom. The molecule has 0 saturated carbocycles. The minimum absolute atomic E-state index is 0.220. The van der Waals surface area contributed by atoms with Crippen LogP contribution in [0.25, 0.3) is 0 Å². The summed E-state index contributed by atoms with van der Waals surface area (Å²) in [6.45, 7) is 5.08. The lowest BCUT2D eigenvalue weighted by molar-refractivity contribution is -0.136. The van der Waals surface area contributed by atoms with Crippen molar-refractivity contribution in [1.82, 2.24) is 20.1 Å². The molecular weight excluding hydrogens is 482 g/mol. The summed E-state index contributed by atoms with van der Waals surface area (Å²) in [6.07, 6.45) is 4.11. The molecule has 1 unspecified atom stereocenters. The molecule has 9 nitrogen and oxygen atoms in total. The summed E-state index contributed by atoms with van der Waals surface area (Å²) in [7, 11) is 0. The largest absolute Gasteiger partial charge is 0.383 e. The summed E-state index contributed by atoms with van der Waals surface area (Å²) >= 11 is 0. The Balaban J connectivity index is 1.04. The maximum Gasteiger partial charge on any atom is 0.256 e. The first-order valence-electron chi connectivity index (χ1n) is 13.8. The lowest BCUT2D eigenvalue weighted by Crippen LogP contribution is -2.52. The van der Waals surface area contributed by atoms with Crippen LogP contribution in [-0.4, -0.2) is 76.4 Å². The standard InChI is InChI=1S/C29H35N5O4/c35-26-9-7-24(27(36)31-26)34-19-23-22(28(34)37)6-8-25(30-23)29(38)12-16-32(17-13-29)18-20-10-14-33(15-11-20)21-4-2-1-3-5-21/h1-6,8,20,24,38H,7,9-19H2,(H,31,35,36). The highest BCUT2D eigenvalue weighted by molar-refractivity contribution is 6.05. The number of fused-ring (bicyclic) bond motifs is 1. The summed E-state index contributed by atoms with van der Waals surface area (Å²) in [5.41, 5.74) is 1.95. The fourth-order valence-corrected chi connectivity index (χ4v) is 6.43. The van der Waals surface area contributed by atoms with Gasteiger partial charge >= 0.3 is 0 Å². The van der Waals surface area contributed by atoms with Gasteiger partial charge in [-0.3, -0.25) is 24.7 Å². The number of imide groups is 1. The molecule has 0 radical (unpaired) electrons. The second-order valence-corrected chi connectivity index (χ2v) is 11.2. The van der Waals surface area contributed by atoms with E-state index in [4.69, 9.17) is 4.98 Å². The molecule has 1 atom stereocenters. The molecule has 3 saturated heterocycles. The molecule has 9 heteroatoms. The van der Waals surface area contributed by atoms with Crippen molar-refractivity contribution in [2.75, 3.05) is 37.6 Å². The number of carbonyl (C=O) groups excluding carboxylic acids is 3. The number of rotatable bonds is 5. The van der Waals surface area contributed by atoms with E-state index in [1.807, 2.05) is 0 Å². The molecule has 2 N–H and O–H groups in total. The summed E-state index contributed by atoms with van der Waals surface area (Å²) in [5, 5.41) is 13.8. The fourth-order valence-electron chi connectivity index (χ4n) is 6.43. The van der Waals surface area contributed by atoms with E-state index in [0.717, 1.165) is 32.7 Å². The van der Waals surface area contributed by atoms with Crippen LogP contribution in [0.5, 0.6) is 0 Å². The van der Waals surface area contributed by atoms with Gasteiger partial charge < -0.3 is 19.8 Å². The third-order valence-electron chi connectivity index (χ3n) is 8.78. The molecule has 2 aromatic rings. The number of benzene rings is 1. The quantitative estimate of drug-likeness (QED) is 0.585. The first kappa shape index (κ1) is 25.0. The molecule has 0 spiro atoms. The number of aliphatic hydroxyl groups is 1. The zero-order chi connectivity index (χ0) is 26.3. The summed E-state index contributed by atoms with van der Waals surface area (Å²) in [4.78, 5) is 48.0. The van der Waals surface area contributed by atoms with Crippen LogP contribution in [0.2, 0.25) is 0 Å². The van der Waals surface area contributed by atoms with Crippen LogP contribution in [0, 0.1) is 5.92 Å². The van der Waals surface area contributed by atoms with Gasteiger partial charge in [-0.1, -0.05) is 18.2 Å². The Kier molecular flexibility index (Phi) is 6.65. The molecule has 0 aliphatic carbocycles. The van der Waals surface area contributed by atoms with E-state index in [1.54, 1.807) is 12.1 Å². The van der Waals surface area contributed by atoms with Crippen LogP contribution in [0.1, 0.15) is 60.3 Å². The number of hydrogen-bond donors (Lipinski definition) is 2. The van der Waals surface area contributed by atoms with Gasteiger partial charge in [-0.2, -0.15) is 0 Å². The van der Waals surface area contributed by atoms with E-state index < -0.39 is 17.6 Å². The minimum atomic E-state index is -1.02. The van der Waals surface area contributed by atoms with Crippen LogP contribution in [0.15, 0.2) is 42.5 Å². The maximum absolute atomic E-state index is 13.0. The van der Waals surface area contributed by atoms with Crippen molar-refractivity contribution >= 4 is 23.4 Å². The van der Waals surface area contributed by atoms with Crippen LogP contribution in [0.4, 0.5) is 5.69 Å². The molecule has 38 heavy (non-hydrogen) atoms. The van der Waals surface area contributed by atoms with E-state index in [0.29, 0.717) is 42.1 Å². The smallest absolute Gasteiger partial charge is 0.256 e. The summed E-state index contributed by atoms with van der Waals surface area (Å²) in [5.74, 6) is -0.307. The first-order chi connectivity index (χ1) is 18.4. The van der Waals surface area contributed by atoms with Gasteiger partial charge in [0.15, 0.2) is 0 Å². The maximum atomic E-state index is 13.0. The second kappa shape index (κ2) is 10.1. The second-order valence-electron chi connectivity index (χ2n) is 11.2. The molecule has 4 aliphatic rings. The highest BCUT2D eigenvalue weighted by atomic mass is 16.3. The van der Waals surface area contributed by atoms with E-state index >= 15 is 0 Å². The van der Waals surface area contributed by atoms with E-state index in [9.17, 15) is 19.5 Å². The van der Waals surface area contributed by atoms with Crippen molar-refractivity contribution in [3.8, 4) is 0 Å². The molecule has 3 amide bonds. The van der Waals surface area contributed by atoms with E-state index in [-0.39, 0.29) is 24.8 Å². The molecule has 200 valence electrons. The zero-order valence-corrected chi connectivity index (χ0v) is 21.6. The Bertz CT molecular complexity index is 1220. The Labute approximate surface area is 222 Å². The number of likely N-dealkylation sites (tertiary alicyclic amines) is 1. The number of hydrogen-bond acceptors (Lipinski definition) is 7. The topological polar surface area (TPSA) is 106 Å². The van der Waals surface area contributed by atoms with Gasteiger partial charge in [0.05, 0.1) is 23.5 Å². The van der Waals surface area contributed by atoms with Gasteiger partial charge in [0.2, 0.25) is 11.8 Å². The Hall–Kier alpha value is -3.30. The van der Waals surface area contributed by atoms with Crippen molar-refractivity contribution in [1.29, 1.82) is 0 Å². The van der Waals surface area contributed by atoms with Gasteiger partial charge in [0, 0.05) is 44.8 Å². The predicted molar refractivity (Wildman–Crippen MR) is 141 cm³/mol. The van der Waals surface area contributed by atoms with Gasteiger partial charge in [-0.05, 0) is 62.3 Å². The van der Waals surface area contributed by atoms with Crippen molar-refractivity contribution in [3.05, 3.63) is 59.4 Å². The lowest BCUT2D eigenvalue weighted by atomic mass is 9.86. The third-order valence-corrected chi connectivity index (χ3v) is 8.78. The van der Waals surface area contributed by atoms with Crippen LogP contribution < -0.4 is 10.2 Å². The SMILES string of the molecule is O=C1CCC(N2Cc3nc(C4(O)CCN(CC5CCN(c6ccccc6)CC5)CC4)ccc3C2=O)C(=O)N1. The van der Waals surface area contributed by atoms with Gasteiger partial charge in [-0.25, -0.2) is 0 Å². The minimum Gasteiger partial charge on any atom is -0.383 e. The normalized spacial score (nSPS) is 24.4. The van der Waals surface area contributed by atoms with Crippen LogP contribution in [0.3, 0.4) is 0 Å². The van der Waals surface area contributed by atoms with Crippen molar-refractivity contribution in [2.24, 2.45) is 5.92 Å². The number of nitrogens with zero attached hydrogens (tertiary/aromatic N) is 4. The van der Waals surface area contributed by atoms with Gasteiger partial charge in [0.25, 0.3) is 5.91 Å². The van der Waals surface area contributed by atoms with Crippen LogP contribution in [-0.2, 0) is 21.7 Å². The molecule has 0 bridgehead atoms. The molecular formula is C29H35N5O4. The van der Waals surface area contributed by atoms with Crippen molar-refractivity contribution in [2.45, 2.75) is 56.7 Å². The summed E-state index contributed by atoms with van der Waals surface area (Å²) < 4.78 is 0. The third kappa shape index (κ3) is 4.80. The number of nitrogens with one attached hydrogen (secondary N) is 1. The first-order valence-corrected chi connectivity index (χ1v) is 13.8. The van der Waals surface area contributed by atoms with E-state index in [1.165, 1.54) is 23.4 Å². The molecule has 5 heterocycles. The highest BCUT2D eigenvalue weighted by Gasteiger charge is 2.42. The van der Waals surface area contributed by atoms with E-state index in [2.05, 4.69) is 45.4 Å². The Morgan fingerprint density at radius 1 is 0.947 bits per heavy atom. The highest BCUT2D eigenvalue weighted by Crippen LogP contribution is 2.35. The van der Waals surface area contributed by atoms with Crippen molar-refractivity contribution < 1.29 is 19.5 Å². The number of piperidine rings is 3. The van der Waals surface area contributed by atoms with Crippen molar-refractivity contribution in [3.63, 3.8) is 0 Å². The van der Waals surface area contributed by atoms with Crippen LogP contribution >= 0.6 is 0 Å². The Morgan fingerprint density at radius 2 is 1.68 bits per heavy atom. The van der Waals surface area contributed by atoms with Gasteiger partial charge in [-0.15, -0.1) is 0 Å². The molecule has 4 aliphatic heterocycles. The number of anilines is 1. The number of pyridine rings is 1. The predicted octanol–water partition coefficient (Wildman–Crippen LogP) is 2.04. The zero-order valence-electron chi connectivity index (χ0n) is 21.6. The fraction of sp³-hybridized carbons (Fsp3) is 0.517. The molecule has 3 fully saturated rings. The monoisotopic (exact) mass is 517 g/mol. The molecule has 6 rings (SSSR count). The number of aromatic nitrogens is 1. The summed E-state index contributed by atoms with van der Waals surface area (Å²) in [6, 6.07) is 13.4. The number of amides is 3. The average Bonchev–Trinajstić information content (AvgIpc) is 3.26. The molecule has 1 aromatic carbocycles. The number of carbonyl (C=O) groups is 3. The molecule has 1 aromatic heterocycles. The lowest BCUT2D eigenvalue weighted by Gasteiger charge is -2.41.